The quantitative estimate of drug-likeness (QED) is 0.751. The number of carbonyl (C=O) groups is 1. The first-order valence-corrected chi connectivity index (χ1v) is 8.10. The van der Waals surface area contributed by atoms with Crippen molar-refractivity contribution in [1.82, 2.24) is 19.9 Å². The minimum atomic E-state index is -0.397. The number of aromatic amines is 1. The maximum Gasteiger partial charge on any atom is 0.261 e. The zero-order chi connectivity index (χ0) is 17.8. The molecule has 1 aromatic carbocycles. The van der Waals surface area contributed by atoms with Crippen molar-refractivity contribution in [2.24, 2.45) is 0 Å². The van der Waals surface area contributed by atoms with E-state index in [1.165, 1.54) is 0 Å². The van der Waals surface area contributed by atoms with Crippen molar-refractivity contribution >= 4 is 5.91 Å². The number of benzene rings is 1. The molecule has 1 atom stereocenters. The number of carbonyl (C=O) groups excluding carboxylic acids is 1. The second-order valence-corrected chi connectivity index (χ2v) is 6.12. The molecular weight excluding hydrogens is 316 g/mol. The molecular formula is C19H20N4O2. The maximum absolute atomic E-state index is 12.4. The molecule has 2 aromatic heterocycles. The van der Waals surface area contributed by atoms with Crippen LogP contribution in [-0.2, 0) is 6.54 Å². The van der Waals surface area contributed by atoms with Crippen molar-refractivity contribution in [2.75, 3.05) is 0 Å². The van der Waals surface area contributed by atoms with Gasteiger partial charge in [-0.25, -0.2) is 4.98 Å². The molecule has 3 rings (SSSR count). The maximum atomic E-state index is 12.4. The molecule has 0 saturated heterocycles. The monoisotopic (exact) mass is 336 g/mol. The van der Waals surface area contributed by atoms with Crippen molar-refractivity contribution in [3.8, 4) is 11.3 Å². The number of H-pyrrole nitrogens is 1. The Kier molecular flexibility index (Phi) is 4.79. The van der Waals surface area contributed by atoms with Crippen LogP contribution < -0.4 is 10.9 Å². The molecule has 0 spiro atoms. The summed E-state index contributed by atoms with van der Waals surface area (Å²) >= 11 is 0. The van der Waals surface area contributed by atoms with Crippen molar-refractivity contribution < 1.29 is 4.79 Å². The number of hydrogen-bond donors (Lipinski definition) is 2. The Morgan fingerprint density at radius 3 is 2.84 bits per heavy atom. The van der Waals surface area contributed by atoms with Crippen LogP contribution in [-0.4, -0.2) is 26.5 Å². The zero-order valence-corrected chi connectivity index (χ0v) is 14.2. The standard InChI is InChI=1S/C19H20N4O2/c1-13-4-3-5-15(10-13)17-7-6-16(19(25)22-17)18(24)21-14(2)11-23-9-8-20-12-23/h3-10,12,14H,11H2,1-2H3,(H,21,24)(H,22,25). The predicted octanol–water partition coefficient (Wildman–Crippen LogP) is 2.37. The fourth-order valence-corrected chi connectivity index (χ4v) is 2.69. The van der Waals surface area contributed by atoms with Crippen molar-refractivity contribution in [1.29, 1.82) is 0 Å². The summed E-state index contributed by atoms with van der Waals surface area (Å²) in [5, 5.41) is 2.84. The van der Waals surface area contributed by atoms with Crippen LogP contribution in [0.2, 0.25) is 0 Å². The highest BCUT2D eigenvalue weighted by Crippen LogP contribution is 2.16. The van der Waals surface area contributed by atoms with Crippen LogP contribution in [0.3, 0.4) is 0 Å². The van der Waals surface area contributed by atoms with Crippen LogP contribution in [0, 0.1) is 6.92 Å². The van der Waals surface area contributed by atoms with Crippen molar-refractivity contribution in [2.45, 2.75) is 26.4 Å². The lowest BCUT2D eigenvalue weighted by Gasteiger charge is -2.14. The van der Waals surface area contributed by atoms with E-state index in [0.29, 0.717) is 12.2 Å². The lowest BCUT2D eigenvalue weighted by atomic mass is 10.1. The molecule has 0 saturated carbocycles. The van der Waals surface area contributed by atoms with Gasteiger partial charge in [0, 0.05) is 30.7 Å². The van der Waals surface area contributed by atoms with Crippen LogP contribution >= 0.6 is 0 Å². The van der Waals surface area contributed by atoms with Crippen molar-refractivity contribution in [3.63, 3.8) is 0 Å². The van der Waals surface area contributed by atoms with E-state index < -0.39 is 5.56 Å². The van der Waals surface area contributed by atoms with Gasteiger partial charge in [-0.2, -0.15) is 0 Å². The van der Waals surface area contributed by atoms with Crippen LogP contribution in [0.4, 0.5) is 0 Å². The Bertz CT molecular complexity index is 929. The van der Waals surface area contributed by atoms with Gasteiger partial charge in [0.2, 0.25) is 0 Å². The molecule has 2 heterocycles. The third kappa shape index (κ3) is 4.03. The molecule has 1 unspecified atom stereocenters. The largest absolute Gasteiger partial charge is 0.348 e. The van der Waals surface area contributed by atoms with Crippen LogP contribution in [0.15, 0.2) is 59.9 Å². The lowest BCUT2D eigenvalue weighted by Crippen LogP contribution is -2.38. The molecule has 128 valence electrons. The molecule has 0 aliphatic carbocycles. The average molecular weight is 336 g/mol. The second-order valence-electron chi connectivity index (χ2n) is 6.12. The van der Waals surface area contributed by atoms with E-state index >= 15 is 0 Å². The zero-order valence-electron chi connectivity index (χ0n) is 14.2. The first-order valence-electron chi connectivity index (χ1n) is 8.10. The van der Waals surface area contributed by atoms with E-state index in [1.807, 2.05) is 48.9 Å². The van der Waals surface area contributed by atoms with E-state index in [9.17, 15) is 9.59 Å². The van der Waals surface area contributed by atoms with Gasteiger partial charge in [-0.3, -0.25) is 9.59 Å². The van der Waals surface area contributed by atoms with Crippen LogP contribution in [0.25, 0.3) is 11.3 Å². The summed E-state index contributed by atoms with van der Waals surface area (Å²) in [5.74, 6) is -0.385. The molecule has 25 heavy (non-hydrogen) atoms. The van der Waals surface area contributed by atoms with Gasteiger partial charge in [0.1, 0.15) is 5.56 Å². The third-order valence-electron chi connectivity index (χ3n) is 3.90. The molecule has 3 aromatic rings. The average Bonchev–Trinajstić information content (AvgIpc) is 3.07. The number of aryl methyl sites for hydroxylation is 1. The first kappa shape index (κ1) is 16.7. The van der Waals surface area contributed by atoms with Gasteiger partial charge >= 0.3 is 0 Å². The van der Waals surface area contributed by atoms with Gasteiger partial charge in [0.25, 0.3) is 11.5 Å². The minimum Gasteiger partial charge on any atom is -0.348 e. The number of amides is 1. The molecule has 0 aliphatic rings. The minimum absolute atomic E-state index is 0.105. The topological polar surface area (TPSA) is 79.8 Å². The van der Waals surface area contributed by atoms with Crippen LogP contribution in [0.5, 0.6) is 0 Å². The SMILES string of the molecule is Cc1cccc(-c2ccc(C(=O)NC(C)Cn3ccnc3)c(=O)[nH]2)c1. The molecule has 0 fully saturated rings. The predicted molar refractivity (Wildman–Crippen MR) is 96.4 cm³/mol. The third-order valence-corrected chi connectivity index (χ3v) is 3.90. The highest BCUT2D eigenvalue weighted by Gasteiger charge is 2.14. The summed E-state index contributed by atoms with van der Waals surface area (Å²) in [4.78, 5) is 31.4. The number of nitrogens with one attached hydrogen (secondary N) is 2. The first-order chi connectivity index (χ1) is 12.0. The fourth-order valence-electron chi connectivity index (χ4n) is 2.69. The van der Waals surface area contributed by atoms with Gasteiger partial charge in [-0.1, -0.05) is 23.8 Å². The van der Waals surface area contributed by atoms with Crippen molar-refractivity contribution in [3.05, 3.63) is 76.6 Å². The van der Waals surface area contributed by atoms with E-state index in [4.69, 9.17) is 0 Å². The van der Waals surface area contributed by atoms with Crippen LogP contribution in [0.1, 0.15) is 22.8 Å². The highest BCUT2D eigenvalue weighted by molar-refractivity contribution is 5.94. The molecule has 0 bridgehead atoms. The Morgan fingerprint density at radius 1 is 1.32 bits per heavy atom. The molecule has 6 nitrogen and oxygen atoms in total. The van der Waals surface area contributed by atoms with Gasteiger partial charge in [0.15, 0.2) is 0 Å². The molecule has 2 N–H and O–H groups in total. The Hall–Kier alpha value is -3.15. The number of imidazole rings is 1. The number of rotatable bonds is 5. The number of aromatic nitrogens is 3. The summed E-state index contributed by atoms with van der Waals surface area (Å²) in [6.07, 6.45) is 5.20. The molecule has 6 heteroatoms. The van der Waals surface area contributed by atoms with Gasteiger partial charge in [0.05, 0.1) is 6.33 Å². The summed E-state index contributed by atoms with van der Waals surface area (Å²) in [5.41, 5.74) is 2.42. The Balaban J connectivity index is 1.74. The Labute approximate surface area is 145 Å². The summed E-state index contributed by atoms with van der Waals surface area (Å²) < 4.78 is 1.87. The summed E-state index contributed by atoms with van der Waals surface area (Å²) in [6, 6.07) is 11.0. The number of pyridine rings is 1. The van der Waals surface area contributed by atoms with E-state index in [-0.39, 0.29) is 17.5 Å². The fraction of sp³-hybridized carbons (Fsp3) is 0.211. The van der Waals surface area contributed by atoms with Gasteiger partial charge < -0.3 is 14.9 Å². The van der Waals surface area contributed by atoms with Gasteiger partial charge in [-0.05, 0) is 37.6 Å². The molecule has 0 aliphatic heterocycles. The lowest BCUT2D eigenvalue weighted by molar-refractivity contribution is 0.0935. The number of hydrogen-bond acceptors (Lipinski definition) is 3. The van der Waals surface area contributed by atoms with Gasteiger partial charge in [-0.15, -0.1) is 0 Å². The van der Waals surface area contributed by atoms with E-state index in [0.717, 1.165) is 11.1 Å². The van der Waals surface area contributed by atoms with E-state index in [2.05, 4.69) is 15.3 Å². The second kappa shape index (κ2) is 7.17. The molecule has 1 amide bonds. The van der Waals surface area contributed by atoms with E-state index in [1.54, 1.807) is 24.7 Å². The normalized spacial score (nSPS) is 11.9. The highest BCUT2D eigenvalue weighted by atomic mass is 16.2. The Morgan fingerprint density at radius 2 is 2.16 bits per heavy atom. The summed E-state index contributed by atoms with van der Waals surface area (Å²) in [7, 11) is 0. The smallest absolute Gasteiger partial charge is 0.261 e. The summed E-state index contributed by atoms with van der Waals surface area (Å²) in [6.45, 7) is 4.46. The number of nitrogens with zero attached hydrogens (tertiary/aromatic N) is 2. The molecule has 0 radical (unpaired) electrons.